The van der Waals surface area contributed by atoms with Gasteiger partial charge in [-0.3, -0.25) is 0 Å². The van der Waals surface area contributed by atoms with E-state index < -0.39 is 18.2 Å². The fourth-order valence-electron chi connectivity index (χ4n) is 2.21. The minimum absolute atomic E-state index is 0.0192. The van der Waals surface area contributed by atoms with Gasteiger partial charge in [0, 0.05) is 12.5 Å². The van der Waals surface area contributed by atoms with Crippen molar-refractivity contribution in [2.45, 2.75) is 44.6 Å². The maximum Gasteiger partial charge on any atom is 0.188 e. The number of aliphatic hydroxyl groups excluding tert-OH is 1. The molecule has 4 atom stereocenters. The second-order valence-corrected chi connectivity index (χ2v) is 4.38. The molecule has 15 heavy (non-hydrogen) atoms. The van der Waals surface area contributed by atoms with E-state index in [0.717, 1.165) is 6.29 Å². The Hall–Kier alpha value is -0.490. The molecular weight excluding hydrogens is 200 g/mol. The van der Waals surface area contributed by atoms with Crippen molar-refractivity contribution < 1.29 is 24.1 Å². The maximum atomic E-state index is 10.8. The molecule has 0 unspecified atom stereocenters. The van der Waals surface area contributed by atoms with Gasteiger partial charge in [-0.05, 0) is 20.3 Å². The zero-order valence-corrected chi connectivity index (χ0v) is 8.88. The average Bonchev–Trinajstić information content (AvgIpc) is 2.60. The summed E-state index contributed by atoms with van der Waals surface area (Å²) in [6, 6.07) is 0. The number of aldehydes is 1. The Labute approximate surface area is 88.3 Å². The summed E-state index contributed by atoms with van der Waals surface area (Å²) in [4.78, 5) is 10.8. The summed E-state index contributed by atoms with van der Waals surface area (Å²) in [7, 11) is 0. The molecule has 0 amide bonds. The topological polar surface area (TPSA) is 65.0 Å². The molecule has 0 saturated carbocycles. The number of hydrogen-bond acceptors (Lipinski definition) is 5. The molecule has 0 radical (unpaired) electrons. The molecule has 5 heteroatoms. The van der Waals surface area contributed by atoms with Gasteiger partial charge in [-0.2, -0.15) is 0 Å². The standard InChI is InChI=1S/C10H16O5/c1-10(2)14-8-6(3-4-11)7(5-12)13-9(8)15-10/h5-9,11H,3-4H2,1-2H3/t6-,7-,8-,9-/m1/s1. The highest BCUT2D eigenvalue weighted by atomic mass is 16.8. The van der Waals surface area contributed by atoms with E-state index in [4.69, 9.17) is 19.3 Å². The second kappa shape index (κ2) is 3.83. The number of rotatable bonds is 3. The maximum absolute atomic E-state index is 10.8. The molecule has 2 aliphatic rings. The summed E-state index contributed by atoms with van der Waals surface area (Å²) in [5, 5.41) is 8.92. The predicted molar refractivity (Wildman–Crippen MR) is 50.0 cm³/mol. The molecule has 0 aromatic carbocycles. The Morgan fingerprint density at radius 2 is 2.13 bits per heavy atom. The van der Waals surface area contributed by atoms with Crippen LogP contribution >= 0.6 is 0 Å². The summed E-state index contributed by atoms with van der Waals surface area (Å²) in [6.07, 6.45) is -0.0140. The van der Waals surface area contributed by atoms with Crippen LogP contribution in [-0.2, 0) is 19.0 Å². The number of ether oxygens (including phenoxy) is 3. The first-order chi connectivity index (χ1) is 7.07. The third-order valence-corrected chi connectivity index (χ3v) is 2.82. The Balaban J connectivity index is 2.10. The normalized spacial score (nSPS) is 42.9. The molecule has 2 fully saturated rings. The molecule has 2 heterocycles. The van der Waals surface area contributed by atoms with Gasteiger partial charge in [-0.25, -0.2) is 0 Å². The van der Waals surface area contributed by atoms with Gasteiger partial charge >= 0.3 is 0 Å². The minimum atomic E-state index is -0.670. The lowest BCUT2D eigenvalue weighted by Crippen LogP contribution is -2.31. The lowest BCUT2D eigenvalue weighted by Gasteiger charge is -2.22. The van der Waals surface area contributed by atoms with Crippen LogP contribution in [0.2, 0.25) is 0 Å². The van der Waals surface area contributed by atoms with E-state index in [1.807, 2.05) is 0 Å². The van der Waals surface area contributed by atoms with Gasteiger partial charge < -0.3 is 24.1 Å². The first-order valence-corrected chi connectivity index (χ1v) is 5.14. The van der Waals surface area contributed by atoms with Gasteiger partial charge in [-0.15, -0.1) is 0 Å². The molecule has 2 aliphatic heterocycles. The number of fused-ring (bicyclic) bond motifs is 1. The van der Waals surface area contributed by atoms with E-state index in [1.54, 1.807) is 13.8 Å². The van der Waals surface area contributed by atoms with Crippen LogP contribution in [0.1, 0.15) is 20.3 Å². The van der Waals surface area contributed by atoms with Crippen LogP contribution in [0.4, 0.5) is 0 Å². The molecule has 86 valence electrons. The molecule has 0 aromatic heterocycles. The van der Waals surface area contributed by atoms with Gasteiger partial charge in [0.15, 0.2) is 12.1 Å². The van der Waals surface area contributed by atoms with E-state index in [2.05, 4.69) is 0 Å². The Bertz CT molecular complexity index is 252. The van der Waals surface area contributed by atoms with E-state index in [0.29, 0.717) is 6.42 Å². The van der Waals surface area contributed by atoms with E-state index in [9.17, 15) is 4.79 Å². The molecule has 0 spiro atoms. The van der Waals surface area contributed by atoms with Crippen LogP contribution in [0.3, 0.4) is 0 Å². The van der Waals surface area contributed by atoms with Crippen molar-refractivity contribution in [2.24, 2.45) is 5.92 Å². The van der Waals surface area contributed by atoms with E-state index in [-0.39, 0.29) is 18.6 Å². The van der Waals surface area contributed by atoms with Gasteiger partial charge in [-0.1, -0.05) is 0 Å². The van der Waals surface area contributed by atoms with Gasteiger partial charge in [0.2, 0.25) is 0 Å². The van der Waals surface area contributed by atoms with Crippen molar-refractivity contribution in [1.82, 2.24) is 0 Å². The number of hydrogen-bond donors (Lipinski definition) is 1. The smallest absolute Gasteiger partial charge is 0.188 e. The number of carbonyl (C=O) groups is 1. The monoisotopic (exact) mass is 216 g/mol. The summed E-state index contributed by atoms with van der Waals surface area (Å²) < 4.78 is 16.6. The molecule has 2 saturated heterocycles. The highest BCUT2D eigenvalue weighted by Gasteiger charge is 2.54. The van der Waals surface area contributed by atoms with E-state index >= 15 is 0 Å². The summed E-state index contributed by atoms with van der Waals surface area (Å²) in [5.41, 5.74) is 0. The van der Waals surface area contributed by atoms with Crippen LogP contribution in [0, 0.1) is 5.92 Å². The zero-order valence-electron chi connectivity index (χ0n) is 8.88. The molecule has 5 nitrogen and oxygen atoms in total. The third kappa shape index (κ3) is 1.92. The summed E-state index contributed by atoms with van der Waals surface area (Å²) >= 11 is 0. The predicted octanol–water partition coefficient (Wildman–Crippen LogP) is 0.0603. The highest BCUT2D eigenvalue weighted by Crippen LogP contribution is 2.41. The largest absolute Gasteiger partial charge is 0.396 e. The molecule has 2 rings (SSSR count). The lowest BCUT2D eigenvalue weighted by molar-refractivity contribution is -0.208. The fraction of sp³-hybridized carbons (Fsp3) is 0.900. The van der Waals surface area contributed by atoms with E-state index in [1.165, 1.54) is 0 Å². The van der Waals surface area contributed by atoms with Crippen molar-refractivity contribution in [3.05, 3.63) is 0 Å². The van der Waals surface area contributed by atoms with Crippen LogP contribution in [0.5, 0.6) is 0 Å². The second-order valence-electron chi connectivity index (χ2n) is 4.38. The van der Waals surface area contributed by atoms with Crippen LogP contribution in [0.15, 0.2) is 0 Å². The van der Waals surface area contributed by atoms with Crippen molar-refractivity contribution in [2.75, 3.05) is 6.61 Å². The van der Waals surface area contributed by atoms with Crippen LogP contribution in [0.25, 0.3) is 0 Å². The average molecular weight is 216 g/mol. The first kappa shape index (κ1) is 11.0. The van der Waals surface area contributed by atoms with Crippen molar-refractivity contribution >= 4 is 6.29 Å². The number of carbonyl (C=O) groups excluding carboxylic acids is 1. The van der Waals surface area contributed by atoms with Crippen molar-refractivity contribution in [3.8, 4) is 0 Å². The quantitative estimate of drug-likeness (QED) is 0.676. The lowest BCUT2D eigenvalue weighted by atomic mass is 9.96. The van der Waals surface area contributed by atoms with Gasteiger partial charge in [0.25, 0.3) is 0 Å². The molecule has 1 N–H and O–H groups in total. The SMILES string of the molecule is CC1(C)O[C@H]2O[C@H](C=O)[C@@H](CCO)[C@H]2O1. The van der Waals surface area contributed by atoms with Gasteiger partial charge in [0.1, 0.15) is 18.5 Å². The van der Waals surface area contributed by atoms with Crippen LogP contribution < -0.4 is 0 Å². The third-order valence-electron chi connectivity index (χ3n) is 2.82. The summed E-state index contributed by atoms with van der Waals surface area (Å²) in [6.45, 7) is 3.63. The zero-order chi connectivity index (χ0) is 11.1. The van der Waals surface area contributed by atoms with Crippen molar-refractivity contribution in [1.29, 1.82) is 0 Å². The molecular formula is C10H16O5. The van der Waals surface area contributed by atoms with Crippen molar-refractivity contribution in [3.63, 3.8) is 0 Å². The molecule has 0 bridgehead atoms. The first-order valence-electron chi connectivity index (χ1n) is 5.14. The Kier molecular flexibility index (Phi) is 2.81. The Morgan fingerprint density at radius 3 is 2.73 bits per heavy atom. The van der Waals surface area contributed by atoms with Gasteiger partial charge in [0.05, 0.1) is 0 Å². The van der Waals surface area contributed by atoms with Crippen LogP contribution in [-0.4, -0.2) is 42.3 Å². The Morgan fingerprint density at radius 1 is 1.40 bits per heavy atom. The number of aliphatic hydroxyl groups is 1. The molecule has 0 aliphatic carbocycles. The molecule has 0 aromatic rings. The fourth-order valence-corrected chi connectivity index (χ4v) is 2.21. The summed E-state index contributed by atoms with van der Waals surface area (Å²) in [5.74, 6) is -0.782. The minimum Gasteiger partial charge on any atom is -0.396 e. The highest BCUT2D eigenvalue weighted by molar-refractivity contribution is 5.57.